The van der Waals surface area contributed by atoms with Crippen LogP contribution >= 0.6 is 0 Å². The Morgan fingerprint density at radius 2 is 1.75 bits per heavy atom. The Bertz CT molecular complexity index is 467. The second-order valence-corrected chi connectivity index (χ2v) is 3.82. The van der Waals surface area contributed by atoms with Gasteiger partial charge in [-0.3, -0.25) is 4.79 Å². The van der Waals surface area contributed by atoms with Gasteiger partial charge in [0.05, 0.1) is 20.8 Å². The normalized spacial score (nSPS) is 11.4. The first-order chi connectivity index (χ1) is 9.51. The average Bonchev–Trinajstić information content (AvgIpc) is 2.45. The summed E-state index contributed by atoms with van der Waals surface area (Å²) in [4.78, 5) is 23.2. The summed E-state index contributed by atoms with van der Waals surface area (Å²) in [5.74, 6) is -0.438. The topological polar surface area (TPSA) is 99.9 Å². The smallest absolute Gasteiger partial charge is 0.332 e. The van der Waals surface area contributed by atoms with Crippen molar-refractivity contribution in [3.05, 3.63) is 18.2 Å². The van der Waals surface area contributed by atoms with E-state index < -0.39 is 17.9 Å². The Morgan fingerprint density at radius 3 is 2.20 bits per heavy atom. The van der Waals surface area contributed by atoms with Crippen LogP contribution in [0.2, 0.25) is 0 Å². The summed E-state index contributed by atoms with van der Waals surface area (Å²) >= 11 is 0. The van der Waals surface area contributed by atoms with Gasteiger partial charge in [-0.2, -0.15) is 0 Å². The van der Waals surface area contributed by atoms with Crippen molar-refractivity contribution in [2.75, 3.05) is 26.1 Å². The Hall–Kier alpha value is -2.28. The molecule has 0 spiro atoms. The zero-order chi connectivity index (χ0) is 15.1. The lowest BCUT2D eigenvalue weighted by Crippen LogP contribution is -2.43. The molecule has 0 heterocycles. The van der Waals surface area contributed by atoms with Crippen LogP contribution in [0.15, 0.2) is 18.2 Å². The van der Waals surface area contributed by atoms with E-state index in [-0.39, 0.29) is 6.61 Å². The van der Waals surface area contributed by atoms with E-state index in [4.69, 9.17) is 15.2 Å². The van der Waals surface area contributed by atoms with Gasteiger partial charge in [0.1, 0.15) is 11.5 Å². The van der Waals surface area contributed by atoms with Gasteiger partial charge in [-0.1, -0.05) is 0 Å². The van der Waals surface area contributed by atoms with Crippen LogP contribution in [0.3, 0.4) is 0 Å². The van der Waals surface area contributed by atoms with E-state index >= 15 is 0 Å². The molecule has 0 aromatic heterocycles. The third-order valence-corrected chi connectivity index (χ3v) is 2.44. The maximum atomic E-state index is 11.8. The lowest BCUT2D eigenvalue weighted by atomic mass is 10.2. The largest absolute Gasteiger partial charge is 0.497 e. The second kappa shape index (κ2) is 7.34. The maximum absolute atomic E-state index is 11.8. The molecule has 1 amide bonds. The molecule has 0 saturated carbocycles. The highest BCUT2D eigenvalue weighted by Crippen LogP contribution is 2.25. The number of anilines is 1. The molecule has 20 heavy (non-hydrogen) atoms. The van der Waals surface area contributed by atoms with Crippen LogP contribution in [0.25, 0.3) is 0 Å². The lowest BCUT2D eigenvalue weighted by molar-refractivity contribution is -0.146. The summed E-state index contributed by atoms with van der Waals surface area (Å²) in [7, 11) is 2.98. The van der Waals surface area contributed by atoms with E-state index in [0.717, 1.165) is 0 Å². The van der Waals surface area contributed by atoms with Crippen LogP contribution < -0.4 is 20.5 Å². The molecule has 0 fully saturated rings. The lowest BCUT2D eigenvalue weighted by Gasteiger charge is -2.13. The average molecular weight is 282 g/mol. The molecule has 1 aromatic carbocycles. The SMILES string of the molecule is CCOC(=O)C(N)C(=O)Nc1cc(OC)cc(OC)c1. The predicted molar refractivity (Wildman–Crippen MR) is 72.8 cm³/mol. The predicted octanol–water partition coefficient (Wildman–Crippen LogP) is 0.533. The van der Waals surface area contributed by atoms with Crippen LogP contribution in [0, 0.1) is 0 Å². The zero-order valence-corrected chi connectivity index (χ0v) is 11.6. The molecule has 7 heteroatoms. The van der Waals surface area contributed by atoms with Gasteiger partial charge in [-0.25, -0.2) is 4.79 Å². The molecule has 1 atom stereocenters. The van der Waals surface area contributed by atoms with E-state index in [1.54, 1.807) is 25.1 Å². The monoisotopic (exact) mass is 282 g/mol. The van der Waals surface area contributed by atoms with Crippen molar-refractivity contribution >= 4 is 17.6 Å². The van der Waals surface area contributed by atoms with Crippen molar-refractivity contribution in [2.24, 2.45) is 5.73 Å². The van der Waals surface area contributed by atoms with Crippen LogP contribution in [-0.2, 0) is 14.3 Å². The first-order valence-corrected chi connectivity index (χ1v) is 5.98. The quantitative estimate of drug-likeness (QED) is 0.583. The Kier molecular flexibility index (Phi) is 5.79. The molecule has 0 aliphatic rings. The summed E-state index contributed by atoms with van der Waals surface area (Å²) in [6, 6.07) is 3.43. The summed E-state index contributed by atoms with van der Waals surface area (Å²) < 4.78 is 14.8. The molecule has 1 rings (SSSR count). The highest BCUT2D eigenvalue weighted by atomic mass is 16.5. The van der Waals surface area contributed by atoms with Crippen molar-refractivity contribution < 1.29 is 23.8 Å². The number of amides is 1. The molecule has 110 valence electrons. The number of hydrogen-bond acceptors (Lipinski definition) is 6. The van der Waals surface area contributed by atoms with Crippen molar-refractivity contribution in [1.29, 1.82) is 0 Å². The Labute approximate surface area is 117 Å². The molecule has 7 nitrogen and oxygen atoms in total. The number of hydrogen-bond donors (Lipinski definition) is 2. The van der Waals surface area contributed by atoms with Crippen molar-refractivity contribution in [1.82, 2.24) is 0 Å². The van der Waals surface area contributed by atoms with Gasteiger partial charge < -0.3 is 25.3 Å². The van der Waals surface area contributed by atoms with Crippen LogP contribution in [-0.4, -0.2) is 38.7 Å². The van der Waals surface area contributed by atoms with Gasteiger partial charge in [-0.05, 0) is 6.92 Å². The number of rotatable bonds is 6. The van der Waals surface area contributed by atoms with Crippen LogP contribution in [0.5, 0.6) is 11.5 Å². The van der Waals surface area contributed by atoms with Gasteiger partial charge >= 0.3 is 5.97 Å². The Balaban J connectivity index is 2.81. The molecule has 0 radical (unpaired) electrons. The van der Waals surface area contributed by atoms with Crippen molar-refractivity contribution in [3.8, 4) is 11.5 Å². The molecule has 0 bridgehead atoms. The van der Waals surface area contributed by atoms with E-state index in [1.807, 2.05) is 0 Å². The van der Waals surface area contributed by atoms with Gasteiger partial charge in [0, 0.05) is 23.9 Å². The van der Waals surface area contributed by atoms with Crippen LogP contribution in [0.4, 0.5) is 5.69 Å². The number of benzene rings is 1. The standard InChI is InChI=1S/C13H18N2O5/c1-4-20-13(17)11(14)12(16)15-8-5-9(18-2)7-10(6-8)19-3/h5-7,11H,4,14H2,1-3H3,(H,15,16). The zero-order valence-electron chi connectivity index (χ0n) is 11.6. The summed E-state index contributed by atoms with van der Waals surface area (Å²) in [5.41, 5.74) is 5.89. The highest BCUT2D eigenvalue weighted by Gasteiger charge is 2.23. The van der Waals surface area contributed by atoms with Gasteiger partial charge in [0.2, 0.25) is 0 Å². The van der Waals surface area contributed by atoms with Crippen molar-refractivity contribution in [3.63, 3.8) is 0 Å². The summed E-state index contributed by atoms with van der Waals surface area (Å²) in [5, 5.41) is 2.51. The molecule has 0 aliphatic carbocycles. The fraction of sp³-hybridized carbons (Fsp3) is 0.385. The minimum atomic E-state index is -1.38. The van der Waals surface area contributed by atoms with E-state index in [9.17, 15) is 9.59 Å². The minimum absolute atomic E-state index is 0.160. The molecule has 3 N–H and O–H groups in total. The van der Waals surface area contributed by atoms with Gasteiger partial charge in [0.25, 0.3) is 5.91 Å². The number of carbonyl (C=O) groups is 2. The number of ether oxygens (including phenoxy) is 3. The fourth-order valence-corrected chi connectivity index (χ4v) is 1.44. The first kappa shape index (κ1) is 15.8. The van der Waals surface area contributed by atoms with E-state index in [1.165, 1.54) is 14.2 Å². The molecule has 1 unspecified atom stereocenters. The number of nitrogens with two attached hydrogens (primary N) is 1. The second-order valence-electron chi connectivity index (χ2n) is 3.82. The maximum Gasteiger partial charge on any atom is 0.332 e. The van der Waals surface area contributed by atoms with E-state index in [0.29, 0.717) is 17.2 Å². The van der Waals surface area contributed by atoms with E-state index in [2.05, 4.69) is 10.1 Å². The third-order valence-electron chi connectivity index (χ3n) is 2.44. The highest BCUT2D eigenvalue weighted by molar-refractivity contribution is 6.08. The third kappa shape index (κ3) is 4.13. The van der Waals surface area contributed by atoms with Crippen LogP contribution in [0.1, 0.15) is 6.92 Å². The van der Waals surface area contributed by atoms with Crippen molar-refractivity contribution in [2.45, 2.75) is 13.0 Å². The summed E-state index contributed by atoms with van der Waals surface area (Å²) in [6.07, 6.45) is 0. The van der Waals surface area contributed by atoms with Gasteiger partial charge in [0.15, 0.2) is 6.04 Å². The first-order valence-electron chi connectivity index (χ1n) is 5.98. The number of nitrogens with one attached hydrogen (secondary N) is 1. The van der Waals surface area contributed by atoms with Gasteiger partial charge in [-0.15, -0.1) is 0 Å². The molecule has 0 aliphatic heterocycles. The summed E-state index contributed by atoms with van der Waals surface area (Å²) in [6.45, 7) is 1.79. The molecule has 0 saturated heterocycles. The number of esters is 1. The fourth-order valence-electron chi connectivity index (χ4n) is 1.44. The Morgan fingerprint density at radius 1 is 1.20 bits per heavy atom. The molecule has 1 aromatic rings. The number of methoxy groups -OCH3 is 2. The molecular weight excluding hydrogens is 264 g/mol. The number of carbonyl (C=O) groups excluding carboxylic acids is 2. The minimum Gasteiger partial charge on any atom is -0.497 e. The molecular formula is C13H18N2O5.